The first-order chi connectivity index (χ1) is 9.16. The second-order valence-corrected chi connectivity index (χ2v) is 5.89. The average Bonchev–Trinajstić information content (AvgIpc) is 2.41. The van der Waals surface area contributed by atoms with Crippen LogP contribution in [0.4, 0.5) is 0 Å². The van der Waals surface area contributed by atoms with Crippen LogP contribution < -0.4 is 0 Å². The number of hydrogen-bond acceptors (Lipinski definition) is 2. The molecule has 0 heterocycles. The number of ether oxygens (including phenoxy) is 2. The van der Waals surface area contributed by atoms with Gasteiger partial charge in [-0.05, 0) is 11.8 Å². The van der Waals surface area contributed by atoms with Crippen LogP contribution >= 0.6 is 0 Å². The van der Waals surface area contributed by atoms with E-state index in [1.54, 1.807) is 0 Å². The van der Waals surface area contributed by atoms with E-state index < -0.39 is 0 Å². The van der Waals surface area contributed by atoms with Crippen LogP contribution in [0.1, 0.15) is 66.2 Å². The van der Waals surface area contributed by atoms with Gasteiger partial charge in [0.1, 0.15) is 0 Å². The van der Waals surface area contributed by atoms with Gasteiger partial charge in [0.2, 0.25) is 0 Å². The van der Waals surface area contributed by atoms with Gasteiger partial charge in [-0.25, -0.2) is 0 Å². The first kappa shape index (κ1) is 18.9. The molecule has 2 unspecified atom stereocenters. The molecule has 0 fully saturated rings. The summed E-state index contributed by atoms with van der Waals surface area (Å²) in [6.07, 6.45) is 7.50. The minimum absolute atomic E-state index is 0.193. The van der Waals surface area contributed by atoms with Gasteiger partial charge in [0, 0.05) is 19.6 Å². The summed E-state index contributed by atoms with van der Waals surface area (Å²) in [6, 6.07) is 0. The van der Waals surface area contributed by atoms with E-state index in [0.717, 1.165) is 13.2 Å². The standard InChI is InChI=1S/C17H36O2/c1-7-11-15(9-3)17(13-18-5,14-19-6)16(10-4)12-8-2/h15-16H,7-14H2,1-6H3. The Morgan fingerprint density at radius 1 is 0.737 bits per heavy atom. The first-order valence-corrected chi connectivity index (χ1v) is 8.14. The van der Waals surface area contributed by atoms with Gasteiger partial charge >= 0.3 is 0 Å². The fourth-order valence-electron chi connectivity index (χ4n) is 3.88. The molecular formula is C17H36O2. The normalized spacial score (nSPS) is 15.5. The lowest BCUT2D eigenvalue weighted by Crippen LogP contribution is -2.45. The van der Waals surface area contributed by atoms with Crippen molar-refractivity contribution in [1.29, 1.82) is 0 Å². The van der Waals surface area contributed by atoms with Crippen molar-refractivity contribution in [3.63, 3.8) is 0 Å². The summed E-state index contributed by atoms with van der Waals surface area (Å²) in [4.78, 5) is 0. The zero-order valence-corrected chi connectivity index (χ0v) is 14.1. The zero-order chi connectivity index (χ0) is 14.7. The molecule has 0 spiro atoms. The fourth-order valence-corrected chi connectivity index (χ4v) is 3.88. The summed E-state index contributed by atoms with van der Waals surface area (Å²) in [5, 5.41) is 0. The minimum Gasteiger partial charge on any atom is -0.384 e. The van der Waals surface area contributed by atoms with Crippen molar-refractivity contribution in [2.45, 2.75) is 66.2 Å². The lowest BCUT2D eigenvalue weighted by atomic mass is 9.63. The lowest BCUT2D eigenvalue weighted by Gasteiger charge is -2.45. The monoisotopic (exact) mass is 272 g/mol. The third-order valence-corrected chi connectivity index (χ3v) is 4.71. The molecule has 0 aromatic rings. The van der Waals surface area contributed by atoms with E-state index in [4.69, 9.17) is 9.47 Å². The summed E-state index contributed by atoms with van der Waals surface area (Å²) in [6.45, 7) is 10.9. The molecule has 0 rings (SSSR count). The van der Waals surface area contributed by atoms with E-state index >= 15 is 0 Å². The molecule has 0 aromatic heterocycles. The van der Waals surface area contributed by atoms with Crippen molar-refractivity contribution in [3.8, 4) is 0 Å². The summed E-state index contributed by atoms with van der Waals surface area (Å²) >= 11 is 0. The van der Waals surface area contributed by atoms with Crippen LogP contribution in [0.15, 0.2) is 0 Å². The molecule has 0 aliphatic carbocycles. The highest BCUT2D eigenvalue weighted by Crippen LogP contribution is 2.44. The van der Waals surface area contributed by atoms with E-state index in [9.17, 15) is 0 Å². The van der Waals surface area contributed by atoms with Crippen LogP contribution in [0.5, 0.6) is 0 Å². The van der Waals surface area contributed by atoms with Crippen molar-refractivity contribution in [2.75, 3.05) is 27.4 Å². The third kappa shape index (κ3) is 5.07. The molecule has 0 aliphatic heterocycles. The van der Waals surface area contributed by atoms with E-state index in [-0.39, 0.29) is 5.41 Å². The number of hydrogen-bond donors (Lipinski definition) is 0. The largest absolute Gasteiger partial charge is 0.384 e. The van der Waals surface area contributed by atoms with Gasteiger partial charge in [0.05, 0.1) is 13.2 Å². The Morgan fingerprint density at radius 2 is 1.11 bits per heavy atom. The molecular weight excluding hydrogens is 236 g/mol. The molecule has 2 nitrogen and oxygen atoms in total. The molecule has 0 amide bonds. The predicted octanol–water partition coefficient (Wildman–Crippen LogP) is 4.92. The fraction of sp³-hybridized carbons (Fsp3) is 1.00. The van der Waals surface area contributed by atoms with Gasteiger partial charge in [-0.1, -0.05) is 66.2 Å². The van der Waals surface area contributed by atoms with E-state index in [1.807, 2.05) is 14.2 Å². The maximum Gasteiger partial charge on any atom is 0.0546 e. The zero-order valence-electron chi connectivity index (χ0n) is 14.1. The van der Waals surface area contributed by atoms with Crippen molar-refractivity contribution in [1.82, 2.24) is 0 Å². The van der Waals surface area contributed by atoms with Crippen molar-refractivity contribution < 1.29 is 9.47 Å². The second-order valence-electron chi connectivity index (χ2n) is 5.89. The Morgan fingerprint density at radius 3 is 1.32 bits per heavy atom. The van der Waals surface area contributed by atoms with Crippen LogP contribution in [0, 0.1) is 17.3 Å². The maximum atomic E-state index is 5.64. The van der Waals surface area contributed by atoms with Crippen LogP contribution in [-0.4, -0.2) is 27.4 Å². The Labute approximate surface area is 121 Å². The molecule has 116 valence electrons. The van der Waals surface area contributed by atoms with Crippen LogP contribution in [0.2, 0.25) is 0 Å². The second kappa shape index (κ2) is 10.7. The topological polar surface area (TPSA) is 18.5 Å². The van der Waals surface area contributed by atoms with Gasteiger partial charge in [-0.15, -0.1) is 0 Å². The van der Waals surface area contributed by atoms with Crippen molar-refractivity contribution in [3.05, 3.63) is 0 Å². The highest BCUT2D eigenvalue weighted by atomic mass is 16.5. The predicted molar refractivity (Wildman–Crippen MR) is 83.6 cm³/mol. The van der Waals surface area contributed by atoms with E-state index in [2.05, 4.69) is 27.7 Å². The van der Waals surface area contributed by atoms with Crippen molar-refractivity contribution in [2.24, 2.45) is 17.3 Å². The minimum atomic E-state index is 0.193. The quantitative estimate of drug-likeness (QED) is 0.502. The summed E-state index contributed by atoms with van der Waals surface area (Å²) in [5.74, 6) is 1.41. The van der Waals surface area contributed by atoms with Crippen LogP contribution in [-0.2, 0) is 9.47 Å². The number of rotatable bonds is 12. The van der Waals surface area contributed by atoms with Crippen LogP contribution in [0.3, 0.4) is 0 Å². The molecule has 0 saturated carbocycles. The summed E-state index contributed by atoms with van der Waals surface area (Å²) < 4.78 is 11.3. The van der Waals surface area contributed by atoms with Gasteiger partial charge in [-0.2, -0.15) is 0 Å². The van der Waals surface area contributed by atoms with Gasteiger partial charge in [-0.3, -0.25) is 0 Å². The van der Waals surface area contributed by atoms with Crippen molar-refractivity contribution >= 4 is 0 Å². The Kier molecular flexibility index (Phi) is 10.6. The SMILES string of the molecule is CCCC(CC)C(COC)(COC)C(CC)CCC. The first-order valence-electron chi connectivity index (χ1n) is 8.14. The summed E-state index contributed by atoms with van der Waals surface area (Å²) in [5.41, 5.74) is 0.193. The molecule has 0 saturated heterocycles. The average molecular weight is 272 g/mol. The molecule has 0 N–H and O–H groups in total. The Balaban J connectivity index is 5.32. The van der Waals surface area contributed by atoms with Gasteiger partial charge in [0.25, 0.3) is 0 Å². The van der Waals surface area contributed by atoms with Gasteiger partial charge in [0.15, 0.2) is 0 Å². The number of methoxy groups -OCH3 is 2. The molecule has 0 aliphatic rings. The Hall–Kier alpha value is -0.0800. The van der Waals surface area contributed by atoms with Crippen LogP contribution in [0.25, 0.3) is 0 Å². The van der Waals surface area contributed by atoms with E-state index in [0.29, 0.717) is 11.8 Å². The molecule has 0 aromatic carbocycles. The highest BCUT2D eigenvalue weighted by Gasteiger charge is 2.43. The molecule has 2 atom stereocenters. The molecule has 0 bridgehead atoms. The summed E-state index contributed by atoms with van der Waals surface area (Å²) in [7, 11) is 3.67. The van der Waals surface area contributed by atoms with Gasteiger partial charge < -0.3 is 9.47 Å². The van der Waals surface area contributed by atoms with E-state index in [1.165, 1.54) is 38.5 Å². The third-order valence-electron chi connectivity index (χ3n) is 4.71. The smallest absolute Gasteiger partial charge is 0.0546 e. The maximum absolute atomic E-state index is 5.64. The lowest BCUT2D eigenvalue weighted by molar-refractivity contribution is -0.0777. The highest BCUT2D eigenvalue weighted by molar-refractivity contribution is 4.91. The molecule has 2 heteroatoms. The molecule has 19 heavy (non-hydrogen) atoms. The molecule has 0 radical (unpaired) electrons. The Bertz CT molecular complexity index is 181.